The largest absolute Gasteiger partial charge is 0.356 e. The smallest absolute Gasteiger partial charge is 0.268 e. The Balaban J connectivity index is 1.52. The molecule has 1 aromatic carbocycles. The first-order valence-corrected chi connectivity index (χ1v) is 9.38. The van der Waals surface area contributed by atoms with Crippen LogP contribution in [0.3, 0.4) is 0 Å². The minimum atomic E-state index is -0.787. The molecule has 2 unspecified atom stereocenters. The fraction of sp³-hybridized carbons (Fsp3) is 0.368. The van der Waals surface area contributed by atoms with Gasteiger partial charge in [-0.1, -0.05) is 23.7 Å². The lowest BCUT2D eigenvalue weighted by Gasteiger charge is -2.23. The molecular weight excluding hydrogens is 382 g/mol. The minimum Gasteiger partial charge on any atom is -0.356 e. The van der Waals surface area contributed by atoms with Crippen LogP contribution in [-0.4, -0.2) is 41.8 Å². The number of rotatable bonds is 6. The molecule has 1 saturated heterocycles. The van der Waals surface area contributed by atoms with E-state index in [9.17, 15) is 19.6 Å². The third-order valence-electron chi connectivity index (χ3n) is 4.67. The van der Waals surface area contributed by atoms with Crippen LogP contribution in [0.5, 0.6) is 0 Å². The number of piperidine rings is 1. The van der Waals surface area contributed by atoms with Gasteiger partial charge >= 0.3 is 0 Å². The van der Waals surface area contributed by atoms with Gasteiger partial charge in [0.25, 0.3) is 5.91 Å². The number of nitrogens with one attached hydrogen (secondary N) is 4. The summed E-state index contributed by atoms with van der Waals surface area (Å²) in [5, 5.41) is 18.4. The second-order valence-corrected chi connectivity index (χ2v) is 7.09. The van der Waals surface area contributed by atoms with E-state index in [-0.39, 0.29) is 30.5 Å². The zero-order chi connectivity index (χ0) is 20.1. The van der Waals surface area contributed by atoms with E-state index in [1.807, 2.05) is 12.1 Å². The van der Waals surface area contributed by atoms with Crippen molar-refractivity contribution in [1.82, 2.24) is 20.9 Å². The molecule has 2 atom stereocenters. The first-order valence-electron chi connectivity index (χ1n) is 9.00. The maximum atomic E-state index is 12.3. The number of halogens is 1. The standard InChI is InChI=1S/C19H20ClN5O3/c20-14-5-1-3-11-8-15(25-17(11)14)19(28)23-10-16(26)24-13(9-21)7-12-4-2-6-22-18(12)27/h1,3,5,8,12-13,25H,2,4,6-7,10H2,(H,22,27)(H,23,28)(H,24,26). The molecule has 1 aliphatic heterocycles. The first kappa shape index (κ1) is 19.7. The highest BCUT2D eigenvalue weighted by Crippen LogP contribution is 2.23. The van der Waals surface area contributed by atoms with Crippen LogP contribution in [-0.2, 0) is 9.59 Å². The fourth-order valence-corrected chi connectivity index (χ4v) is 3.46. The Morgan fingerprint density at radius 3 is 2.93 bits per heavy atom. The van der Waals surface area contributed by atoms with Crippen molar-refractivity contribution in [3.05, 3.63) is 35.0 Å². The molecule has 1 aromatic heterocycles. The van der Waals surface area contributed by atoms with Crippen molar-refractivity contribution < 1.29 is 14.4 Å². The lowest BCUT2D eigenvalue weighted by Crippen LogP contribution is -2.44. The molecule has 3 amide bonds. The number of H-pyrrole nitrogens is 1. The summed E-state index contributed by atoms with van der Waals surface area (Å²) in [6.07, 6.45) is 1.80. The van der Waals surface area contributed by atoms with Crippen molar-refractivity contribution in [2.45, 2.75) is 25.3 Å². The Labute approximate surface area is 166 Å². The van der Waals surface area contributed by atoms with Crippen LogP contribution >= 0.6 is 11.6 Å². The quantitative estimate of drug-likeness (QED) is 0.584. The van der Waals surface area contributed by atoms with E-state index in [0.29, 0.717) is 23.5 Å². The second-order valence-electron chi connectivity index (χ2n) is 6.68. The van der Waals surface area contributed by atoms with Crippen LogP contribution in [0.15, 0.2) is 24.3 Å². The number of nitriles is 1. The summed E-state index contributed by atoms with van der Waals surface area (Å²) in [5.41, 5.74) is 0.931. The van der Waals surface area contributed by atoms with Crippen LogP contribution in [0.1, 0.15) is 29.8 Å². The van der Waals surface area contributed by atoms with E-state index in [1.165, 1.54) is 0 Å². The Kier molecular flexibility index (Phi) is 6.16. The van der Waals surface area contributed by atoms with Crippen LogP contribution in [0.25, 0.3) is 10.9 Å². The number of para-hydroxylation sites is 1. The number of nitrogens with zero attached hydrogens (tertiary/aromatic N) is 1. The van der Waals surface area contributed by atoms with Gasteiger partial charge in [0.05, 0.1) is 23.2 Å². The lowest BCUT2D eigenvalue weighted by molar-refractivity contribution is -0.127. The number of fused-ring (bicyclic) bond motifs is 1. The molecule has 0 bridgehead atoms. The predicted octanol–water partition coefficient (Wildman–Crippen LogP) is 1.48. The topological polar surface area (TPSA) is 127 Å². The van der Waals surface area contributed by atoms with Gasteiger partial charge in [-0.25, -0.2) is 0 Å². The fourth-order valence-electron chi connectivity index (χ4n) is 3.23. The first-order chi connectivity index (χ1) is 13.5. The number of amides is 3. The average molecular weight is 402 g/mol. The third kappa shape index (κ3) is 4.61. The van der Waals surface area contributed by atoms with Crippen LogP contribution < -0.4 is 16.0 Å². The average Bonchev–Trinajstić information content (AvgIpc) is 3.13. The summed E-state index contributed by atoms with van der Waals surface area (Å²) < 4.78 is 0. The molecule has 0 aliphatic carbocycles. The van der Waals surface area contributed by atoms with Crippen molar-refractivity contribution in [3.63, 3.8) is 0 Å². The summed E-state index contributed by atoms with van der Waals surface area (Å²) >= 11 is 6.08. The summed E-state index contributed by atoms with van der Waals surface area (Å²) in [6.45, 7) is 0.362. The van der Waals surface area contributed by atoms with Crippen LogP contribution in [0.4, 0.5) is 0 Å². The monoisotopic (exact) mass is 401 g/mol. The van der Waals surface area contributed by atoms with Crippen LogP contribution in [0.2, 0.25) is 5.02 Å². The van der Waals surface area contributed by atoms with Gasteiger partial charge < -0.3 is 20.9 Å². The zero-order valence-electron chi connectivity index (χ0n) is 15.0. The number of carbonyl (C=O) groups is 3. The summed E-state index contributed by atoms with van der Waals surface area (Å²) in [5.74, 6) is -1.33. The molecule has 1 aliphatic rings. The van der Waals surface area contributed by atoms with Crippen molar-refractivity contribution in [2.24, 2.45) is 5.92 Å². The highest BCUT2D eigenvalue weighted by Gasteiger charge is 2.26. The minimum absolute atomic E-state index is 0.0912. The predicted molar refractivity (Wildman–Crippen MR) is 104 cm³/mol. The lowest BCUT2D eigenvalue weighted by atomic mass is 9.92. The molecule has 0 saturated carbocycles. The maximum Gasteiger partial charge on any atom is 0.268 e. The normalized spacial score (nSPS) is 17.4. The highest BCUT2D eigenvalue weighted by atomic mass is 35.5. The van der Waals surface area contributed by atoms with Gasteiger partial charge in [-0.15, -0.1) is 0 Å². The van der Waals surface area contributed by atoms with Gasteiger partial charge in [0.15, 0.2) is 0 Å². The number of hydrogen-bond acceptors (Lipinski definition) is 4. The summed E-state index contributed by atoms with van der Waals surface area (Å²) in [6, 6.07) is 8.17. The molecular formula is C19H20ClN5O3. The second kappa shape index (κ2) is 8.76. The van der Waals surface area contributed by atoms with Gasteiger partial charge in [-0.05, 0) is 31.4 Å². The number of hydrogen-bond donors (Lipinski definition) is 4. The van der Waals surface area contributed by atoms with E-state index in [4.69, 9.17) is 11.6 Å². The molecule has 9 heteroatoms. The Morgan fingerprint density at radius 1 is 1.39 bits per heavy atom. The van der Waals surface area contributed by atoms with Gasteiger partial charge in [-0.2, -0.15) is 5.26 Å². The van der Waals surface area contributed by atoms with Gasteiger partial charge in [0, 0.05) is 17.8 Å². The molecule has 2 heterocycles. The van der Waals surface area contributed by atoms with Crippen molar-refractivity contribution >= 4 is 40.2 Å². The van der Waals surface area contributed by atoms with Crippen molar-refractivity contribution in [3.8, 4) is 6.07 Å². The van der Waals surface area contributed by atoms with Crippen molar-refractivity contribution in [2.75, 3.05) is 13.1 Å². The number of aromatic amines is 1. The van der Waals surface area contributed by atoms with Crippen LogP contribution in [0, 0.1) is 17.2 Å². The molecule has 3 rings (SSSR count). The van der Waals surface area contributed by atoms with Gasteiger partial charge in [-0.3, -0.25) is 14.4 Å². The van der Waals surface area contributed by atoms with Crippen molar-refractivity contribution in [1.29, 1.82) is 5.26 Å². The molecule has 0 radical (unpaired) electrons. The SMILES string of the molecule is N#CC(CC1CCCNC1=O)NC(=O)CNC(=O)c1cc2cccc(Cl)c2[nH]1. The molecule has 0 spiro atoms. The third-order valence-corrected chi connectivity index (χ3v) is 4.99. The van der Waals surface area contributed by atoms with E-state index in [0.717, 1.165) is 11.8 Å². The zero-order valence-corrected chi connectivity index (χ0v) is 15.8. The van der Waals surface area contributed by atoms with E-state index < -0.39 is 17.9 Å². The number of benzene rings is 1. The van der Waals surface area contributed by atoms with Gasteiger partial charge in [0.1, 0.15) is 11.7 Å². The Hall–Kier alpha value is -3.05. The molecule has 1 fully saturated rings. The van der Waals surface area contributed by atoms with E-state index in [1.54, 1.807) is 18.2 Å². The molecule has 146 valence electrons. The maximum absolute atomic E-state index is 12.3. The Bertz CT molecular complexity index is 949. The molecule has 2 aromatic rings. The molecule has 4 N–H and O–H groups in total. The molecule has 8 nitrogen and oxygen atoms in total. The Morgan fingerprint density at radius 2 is 2.21 bits per heavy atom. The summed E-state index contributed by atoms with van der Waals surface area (Å²) in [7, 11) is 0. The van der Waals surface area contributed by atoms with Gasteiger partial charge in [0.2, 0.25) is 11.8 Å². The highest BCUT2D eigenvalue weighted by molar-refractivity contribution is 6.35. The number of aromatic nitrogens is 1. The summed E-state index contributed by atoms with van der Waals surface area (Å²) in [4.78, 5) is 39.1. The molecule has 28 heavy (non-hydrogen) atoms. The van der Waals surface area contributed by atoms with E-state index >= 15 is 0 Å². The number of carbonyl (C=O) groups excluding carboxylic acids is 3. The van der Waals surface area contributed by atoms with E-state index in [2.05, 4.69) is 20.9 Å².